The number of hydrogen-bond acceptors (Lipinski definition) is 3. The van der Waals surface area contributed by atoms with E-state index in [4.69, 9.17) is 21.1 Å². The lowest BCUT2D eigenvalue weighted by Gasteiger charge is -2.19. The number of Topliss-reactive ketones (excluding diaryl/α,β-unsaturated/α-hetero) is 1. The van der Waals surface area contributed by atoms with E-state index in [9.17, 15) is 4.79 Å². The fourth-order valence-corrected chi connectivity index (χ4v) is 2.60. The van der Waals surface area contributed by atoms with Gasteiger partial charge in [0.05, 0.1) is 23.8 Å². The van der Waals surface area contributed by atoms with Gasteiger partial charge in [-0.25, -0.2) is 0 Å². The first-order valence-corrected chi connectivity index (χ1v) is 6.55. The monoisotopic (exact) mass is 268 g/mol. The molecule has 0 atom stereocenters. The topological polar surface area (TPSA) is 35.5 Å². The number of ether oxygens (including phenoxy) is 2. The van der Waals surface area contributed by atoms with E-state index in [0.29, 0.717) is 22.1 Å². The molecule has 1 aliphatic rings. The number of rotatable bonds is 4. The molecule has 0 amide bonds. The summed E-state index contributed by atoms with van der Waals surface area (Å²) in [7, 11) is 1.56. The molecule has 0 heterocycles. The van der Waals surface area contributed by atoms with Gasteiger partial charge in [-0.05, 0) is 44.7 Å². The second kappa shape index (κ2) is 5.61. The molecule has 98 valence electrons. The maximum atomic E-state index is 11.7. The van der Waals surface area contributed by atoms with Crippen molar-refractivity contribution < 1.29 is 14.3 Å². The van der Waals surface area contributed by atoms with Crippen LogP contribution in [0.3, 0.4) is 0 Å². The summed E-state index contributed by atoms with van der Waals surface area (Å²) in [5, 5.41) is 0.413. The van der Waals surface area contributed by atoms with Crippen LogP contribution in [-0.4, -0.2) is 19.0 Å². The highest BCUT2D eigenvalue weighted by molar-refractivity contribution is 6.34. The van der Waals surface area contributed by atoms with Crippen LogP contribution in [0.4, 0.5) is 0 Å². The zero-order valence-electron chi connectivity index (χ0n) is 10.7. The summed E-state index contributed by atoms with van der Waals surface area (Å²) in [5.41, 5.74) is 0.419. The molecule has 1 aliphatic carbocycles. The summed E-state index contributed by atoms with van der Waals surface area (Å²) in [6.07, 6.45) is 4.54. The summed E-state index contributed by atoms with van der Waals surface area (Å²) in [6, 6.07) is 3.40. The fraction of sp³-hybridized carbons (Fsp3) is 0.500. The maximum Gasteiger partial charge on any atom is 0.173 e. The molecule has 0 spiro atoms. The minimum absolute atomic E-state index is 0.105. The van der Waals surface area contributed by atoms with E-state index in [-0.39, 0.29) is 11.9 Å². The highest BCUT2D eigenvalue weighted by atomic mass is 35.5. The van der Waals surface area contributed by atoms with Crippen LogP contribution in [0.2, 0.25) is 5.02 Å². The van der Waals surface area contributed by atoms with Gasteiger partial charge in [-0.2, -0.15) is 0 Å². The van der Waals surface area contributed by atoms with Crippen LogP contribution < -0.4 is 9.47 Å². The highest BCUT2D eigenvalue weighted by Gasteiger charge is 2.23. The number of hydrogen-bond donors (Lipinski definition) is 0. The second-order valence-corrected chi connectivity index (χ2v) is 4.94. The van der Waals surface area contributed by atoms with Crippen molar-refractivity contribution in [2.24, 2.45) is 0 Å². The van der Waals surface area contributed by atoms with Crippen molar-refractivity contribution in [3.63, 3.8) is 0 Å². The molecular weight excluding hydrogens is 252 g/mol. The number of benzene rings is 1. The van der Waals surface area contributed by atoms with Crippen LogP contribution in [0, 0.1) is 0 Å². The van der Waals surface area contributed by atoms with Crippen LogP contribution in [0.25, 0.3) is 0 Å². The fourth-order valence-electron chi connectivity index (χ4n) is 2.32. The Bertz CT molecular complexity index is 451. The Hall–Kier alpha value is -1.22. The van der Waals surface area contributed by atoms with Crippen molar-refractivity contribution >= 4 is 17.4 Å². The third-order valence-corrected chi connectivity index (χ3v) is 3.54. The van der Waals surface area contributed by atoms with Crippen LogP contribution in [0.5, 0.6) is 11.5 Å². The van der Waals surface area contributed by atoms with E-state index in [1.807, 2.05) is 0 Å². The van der Waals surface area contributed by atoms with Crippen LogP contribution in [0.1, 0.15) is 43.0 Å². The van der Waals surface area contributed by atoms with E-state index in [1.54, 1.807) is 19.2 Å². The molecule has 0 bridgehead atoms. The Morgan fingerprint density at radius 1 is 1.33 bits per heavy atom. The van der Waals surface area contributed by atoms with Crippen molar-refractivity contribution in [2.75, 3.05) is 7.11 Å². The quantitative estimate of drug-likeness (QED) is 0.778. The number of halogens is 1. The van der Waals surface area contributed by atoms with Gasteiger partial charge in [-0.1, -0.05) is 11.6 Å². The van der Waals surface area contributed by atoms with Crippen molar-refractivity contribution in [1.82, 2.24) is 0 Å². The SMILES string of the molecule is COc1ccc(Cl)c(C(C)=O)c1OC1CCCC1. The zero-order chi connectivity index (χ0) is 13.1. The first-order valence-electron chi connectivity index (χ1n) is 6.17. The van der Waals surface area contributed by atoms with Crippen molar-refractivity contribution in [3.8, 4) is 11.5 Å². The van der Waals surface area contributed by atoms with Gasteiger partial charge < -0.3 is 9.47 Å². The minimum atomic E-state index is -0.105. The van der Waals surface area contributed by atoms with Gasteiger partial charge in [0.1, 0.15) is 0 Å². The number of carbonyl (C=O) groups excluding carboxylic acids is 1. The van der Waals surface area contributed by atoms with E-state index in [0.717, 1.165) is 12.8 Å². The molecule has 1 aromatic carbocycles. The third kappa shape index (κ3) is 2.61. The molecule has 0 aliphatic heterocycles. The average Bonchev–Trinajstić information content (AvgIpc) is 2.82. The summed E-state index contributed by atoms with van der Waals surface area (Å²) in [5.74, 6) is 0.952. The van der Waals surface area contributed by atoms with Crippen molar-refractivity contribution in [1.29, 1.82) is 0 Å². The van der Waals surface area contributed by atoms with Crippen molar-refractivity contribution in [2.45, 2.75) is 38.7 Å². The predicted molar refractivity (Wildman–Crippen MR) is 70.9 cm³/mol. The lowest BCUT2D eigenvalue weighted by atomic mass is 10.1. The molecule has 0 unspecified atom stereocenters. The smallest absolute Gasteiger partial charge is 0.173 e. The second-order valence-electron chi connectivity index (χ2n) is 4.53. The Kier molecular flexibility index (Phi) is 4.12. The molecule has 0 saturated heterocycles. The van der Waals surface area contributed by atoms with Crippen LogP contribution in [0.15, 0.2) is 12.1 Å². The first kappa shape index (κ1) is 13.2. The average molecular weight is 269 g/mol. The Balaban J connectivity index is 2.39. The van der Waals surface area contributed by atoms with Crippen LogP contribution in [-0.2, 0) is 0 Å². The van der Waals surface area contributed by atoms with E-state index >= 15 is 0 Å². The zero-order valence-corrected chi connectivity index (χ0v) is 11.4. The van der Waals surface area contributed by atoms with E-state index in [2.05, 4.69) is 0 Å². The normalized spacial score (nSPS) is 15.7. The number of carbonyl (C=O) groups is 1. The van der Waals surface area contributed by atoms with Crippen molar-refractivity contribution in [3.05, 3.63) is 22.7 Å². The maximum absolute atomic E-state index is 11.7. The Morgan fingerprint density at radius 3 is 2.56 bits per heavy atom. The summed E-state index contributed by atoms with van der Waals surface area (Å²) >= 11 is 6.08. The number of methoxy groups -OCH3 is 1. The molecule has 1 saturated carbocycles. The molecule has 1 fully saturated rings. The van der Waals surface area contributed by atoms with Gasteiger partial charge in [0.2, 0.25) is 0 Å². The molecule has 0 aromatic heterocycles. The van der Waals surface area contributed by atoms with Gasteiger partial charge >= 0.3 is 0 Å². The van der Waals surface area contributed by atoms with Gasteiger partial charge in [-0.15, -0.1) is 0 Å². The molecule has 0 radical (unpaired) electrons. The summed E-state index contributed by atoms with van der Waals surface area (Å²) in [6.45, 7) is 1.49. The summed E-state index contributed by atoms with van der Waals surface area (Å²) < 4.78 is 11.2. The van der Waals surface area contributed by atoms with E-state index < -0.39 is 0 Å². The Morgan fingerprint density at radius 2 is 2.00 bits per heavy atom. The Labute approximate surface area is 112 Å². The largest absolute Gasteiger partial charge is 0.493 e. The molecule has 1 aromatic rings. The molecule has 18 heavy (non-hydrogen) atoms. The van der Waals surface area contributed by atoms with Gasteiger partial charge in [0.15, 0.2) is 17.3 Å². The van der Waals surface area contributed by atoms with Gasteiger partial charge in [-0.3, -0.25) is 4.79 Å². The van der Waals surface area contributed by atoms with Gasteiger partial charge in [0, 0.05) is 0 Å². The lowest BCUT2D eigenvalue weighted by Crippen LogP contribution is -2.14. The predicted octanol–water partition coefficient (Wildman–Crippen LogP) is 3.87. The minimum Gasteiger partial charge on any atom is -0.493 e. The van der Waals surface area contributed by atoms with Gasteiger partial charge in [0.25, 0.3) is 0 Å². The third-order valence-electron chi connectivity index (χ3n) is 3.23. The first-order chi connectivity index (χ1) is 8.63. The summed E-state index contributed by atoms with van der Waals surface area (Å²) in [4.78, 5) is 11.7. The molecule has 2 rings (SSSR count). The lowest BCUT2D eigenvalue weighted by molar-refractivity contribution is 0.100. The molecule has 4 heteroatoms. The molecule has 3 nitrogen and oxygen atoms in total. The number of ketones is 1. The molecular formula is C14H17ClO3. The standard InChI is InChI=1S/C14H17ClO3/c1-9(16)13-11(15)7-8-12(17-2)14(13)18-10-5-3-4-6-10/h7-8,10H,3-6H2,1-2H3. The van der Waals surface area contributed by atoms with E-state index in [1.165, 1.54) is 19.8 Å². The van der Waals surface area contributed by atoms with Crippen LogP contribution >= 0.6 is 11.6 Å². The highest BCUT2D eigenvalue weighted by Crippen LogP contribution is 2.38. The molecule has 0 N–H and O–H groups in total.